The molecule has 1 aliphatic rings. The Labute approximate surface area is 151 Å². The highest BCUT2D eigenvalue weighted by Crippen LogP contribution is 2.23. The number of carbonyl (C=O) groups excluding carboxylic acids is 1. The molecule has 0 aliphatic heterocycles. The van der Waals surface area contributed by atoms with Crippen molar-refractivity contribution >= 4 is 21.8 Å². The van der Waals surface area contributed by atoms with Gasteiger partial charge in [0.25, 0.3) is 5.91 Å². The summed E-state index contributed by atoms with van der Waals surface area (Å²) in [6, 6.07) is 12.4. The van der Waals surface area contributed by atoms with Crippen LogP contribution in [-0.2, 0) is 11.3 Å². The fraction of sp³-hybridized carbons (Fsp3) is 0.421. The smallest absolute Gasteiger partial charge is 0.275 e. The van der Waals surface area contributed by atoms with Gasteiger partial charge in [0.2, 0.25) is 0 Å². The van der Waals surface area contributed by atoms with Crippen molar-refractivity contribution in [2.75, 3.05) is 13.6 Å². The lowest BCUT2D eigenvalue weighted by atomic mass is 10.2. The number of benzene rings is 1. The summed E-state index contributed by atoms with van der Waals surface area (Å²) >= 11 is 3.44. The van der Waals surface area contributed by atoms with Crippen molar-refractivity contribution in [1.82, 2.24) is 5.32 Å². The van der Waals surface area contributed by atoms with Crippen molar-refractivity contribution in [2.45, 2.75) is 38.3 Å². The largest absolute Gasteiger partial charge is 0.455 e. The Hall–Kier alpha value is -1.59. The van der Waals surface area contributed by atoms with Crippen molar-refractivity contribution in [1.29, 1.82) is 0 Å². The lowest BCUT2D eigenvalue weighted by molar-refractivity contribution is -0.886. The fourth-order valence-electron chi connectivity index (χ4n) is 3.23. The van der Waals surface area contributed by atoms with Gasteiger partial charge in [0, 0.05) is 16.1 Å². The van der Waals surface area contributed by atoms with Crippen LogP contribution in [0.1, 0.15) is 31.4 Å². The molecule has 2 aromatic rings. The second-order valence-electron chi connectivity index (χ2n) is 6.63. The van der Waals surface area contributed by atoms with Gasteiger partial charge in [-0.05, 0) is 37.1 Å². The molecule has 1 atom stereocenters. The summed E-state index contributed by atoms with van der Waals surface area (Å²) in [6.07, 6.45) is 4.72. The number of hydrogen-bond donors (Lipinski definition) is 2. The molecule has 3 rings (SSSR count). The number of carbonyl (C=O) groups is 1. The van der Waals surface area contributed by atoms with Crippen LogP contribution in [0.3, 0.4) is 0 Å². The van der Waals surface area contributed by atoms with Gasteiger partial charge < -0.3 is 14.6 Å². The van der Waals surface area contributed by atoms with Gasteiger partial charge in [0.1, 0.15) is 12.3 Å². The molecule has 2 N–H and O–H groups in total. The van der Waals surface area contributed by atoms with Gasteiger partial charge in [0.05, 0.1) is 7.05 Å². The van der Waals surface area contributed by atoms with E-state index in [2.05, 4.69) is 21.2 Å². The zero-order valence-electron chi connectivity index (χ0n) is 14.0. The molecule has 1 fully saturated rings. The van der Waals surface area contributed by atoms with Crippen molar-refractivity contribution < 1.29 is 14.1 Å². The van der Waals surface area contributed by atoms with Crippen LogP contribution in [0.4, 0.5) is 0 Å². The molecule has 1 amide bonds. The number of rotatable bonds is 6. The molecule has 0 radical (unpaired) electrons. The third kappa shape index (κ3) is 4.71. The molecule has 1 unspecified atom stereocenters. The van der Waals surface area contributed by atoms with Crippen LogP contribution in [0.15, 0.2) is 45.3 Å². The molecule has 24 heavy (non-hydrogen) atoms. The van der Waals surface area contributed by atoms with E-state index in [0.717, 1.165) is 39.3 Å². The van der Waals surface area contributed by atoms with Gasteiger partial charge in [-0.3, -0.25) is 4.79 Å². The van der Waals surface area contributed by atoms with Crippen molar-refractivity contribution in [2.24, 2.45) is 0 Å². The predicted molar refractivity (Wildman–Crippen MR) is 97.7 cm³/mol. The Morgan fingerprint density at radius 3 is 2.62 bits per heavy atom. The van der Waals surface area contributed by atoms with E-state index < -0.39 is 0 Å². The Balaban J connectivity index is 1.52. The van der Waals surface area contributed by atoms with Gasteiger partial charge in [-0.2, -0.15) is 0 Å². The number of halogens is 1. The molecule has 0 spiro atoms. The second kappa shape index (κ2) is 7.99. The van der Waals surface area contributed by atoms with Crippen LogP contribution in [0.5, 0.6) is 0 Å². The molecular weight excluding hydrogens is 368 g/mol. The topological polar surface area (TPSA) is 46.7 Å². The van der Waals surface area contributed by atoms with Crippen LogP contribution in [0.25, 0.3) is 11.3 Å². The molecule has 1 saturated carbocycles. The minimum atomic E-state index is 0.138. The van der Waals surface area contributed by atoms with E-state index in [9.17, 15) is 4.79 Å². The monoisotopic (exact) mass is 391 g/mol. The van der Waals surface area contributed by atoms with Gasteiger partial charge in [-0.15, -0.1) is 0 Å². The maximum absolute atomic E-state index is 12.1. The third-order valence-electron chi connectivity index (χ3n) is 4.45. The molecule has 128 valence electrons. The van der Waals surface area contributed by atoms with E-state index in [1.807, 2.05) is 43.4 Å². The lowest BCUT2D eigenvalue weighted by Gasteiger charge is -2.15. The number of nitrogens with one attached hydrogen (secondary N) is 2. The number of hydrogen-bond acceptors (Lipinski definition) is 2. The van der Waals surface area contributed by atoms with E-state index in [4.69, 9.17) is 4.42 Å². The quantitative estimate of drug-likeness (QED) is 0.794. The number of furan rings is 1. The van der Waals surface area contributed by atoms with Crippen molar-refractivity contribution in [3.8, 4) is 11.3 Å². The zero-order valence-corrected chi connectivity index (χ0v) is 15.6. The van der Waals surface area contributed by atoms with Gasteiger partial charge in [-0.1, -0.05) is 40.9 Å². The first-order valence-corrected chi connectivity index (χ1v) is 9.35. The van der Waals surface area contributed by atoms with Crippen molar-refractivity contribution in [3.05, 3.63) is 46.6 Å². The average Bonchev–Trinajstić information content (AvgIpc) is 3.19. The maximum atomic E-state index is 12.1. The SMILES string of the molecule is C[NH+](CC(=O)NC1CCCC1)Cc1ccc(-c2ccc(Br)cc2)o1. The predicted octanol–water partition coefficient (Wildman–Crippen LogP) is 2.78. The highest BCUT2D eigenvalue weighted by Gasteiger charge is 2.19. The minimum Gasteiger partial charge on any atom is -0.455 e. The van der Waals surface area contributed by atoms with Gasteiger partial charge in [-0.25, -0.2) is 0 Å². The maximum Gasteiger partial charge on any atom is 0.275 e. The van der Waals surface area contributed by atoms with Crippen molar-refractivity contribution in [3.63, 3.8) is 0 Å². The molecule has 0 saturated heterocycles. The summed E-state index contributed by atoms with van der Waals surface area (Å²) in [7, 11) is 2.02. The highest BCUT2D eigenvalue weighted by atomic mass is 79.9. The van der Waals surface area contributed by atoms with Gasteiger partial charge >= 0.3 is 0 Å². The molecule has 1 aromatic carbocycles. The van der Waals surface area contributed by atoms with E-state index in [1.54, 1.807) is 0 Å². The molecule has 1 aliphatic carbocycles. The first-order chi connectivity index (χ1) is 11.6. The summed E-state index contributed by atoms with van der Waals surface area (Å²) < 4.78 is 6.98. The molecule has 4 nitrogen and oxygen atoms in total. The zero-order chi connectivity index (χ0) is 16.9. The number of quaternary nitrogens is 1. The first kappa shape index (κ1) is 17.2. The Morgan fingerprint density at radius 1 is 1.21 bits per heavy atom. The van der Waals surface area contributed by atoms with Crippen LogP contribution >= 0.6 is 15.9 Å². The average molecular weight is 392 g/mol. The summed E-state index contributed by atoms with van der Waals surface area (Å²) in [5.41, 5.74) is 1.06. The van der Waals surface area contributed by atoms with Crippen LogP contribution in [0.2, 0.25) is 0 Å². The van der Waals surface area contributed by atoms with Crippen LogP contribution in [-0.4, -0.2) is 25.5 Å². The molecule has 5 heteroatoms. The van der Waals surface area contributed by atoms with E-state index in [0.29, 0.717) is 19.1 Å². The molecule has 1 heterocycles. The van der Waals surface area contributed by atoms with E-state index in [-0.39, 0.29) is 5.91 Å². The molecule has 0 bridgehead atoms. The fourth-order valence-corrected chi connectivity index (χ4v) is 3.49. The Kier molecular flexibility index (Phi) is 5.74. The highest BCUT2D eigenvalue weighted by molar-refractivity contribution is 9.10. The second-order valence-corrected chi connectivity index (χ2v) is 7.55. The van der Waals surface area contributed by atoms with E-state index in [1.165, 1.54) is 12.8 Å². The summed E-state index contributed by atoms with van der Waals surface area (Å²) in [5.74, 6) is 1.90. The third-order valence-corrected chi connectivity index (χ3v) is 4.98. The lowest BCUT2D eigenvalue weighted by Crippen LogP contribution is -3.08. The van der Waals surface area contributed by atoms with Crippen LogP contribution < -0.4 is 10.2 Å². The summed E-state index contributed by atoms with van der Waals surface area (Å²) in [6.45, 7) is 1.18. The normalized spacial score (nSPS) is 16.2. The van der Waals surface area contributed by atoms with E-state index >= 15 is 0 Å². The Morgan fingerprint density at radius 2 is 1.92 bits per heavy atom. The van der Waals surface area contributed by atoms with Crippen LogP contribution in [0, 0.1) is 0 Å². The van der Waals surface area contributed by atoms with Gasteiger partial charge in [0.15, 0.2) is 12.3 Å². The Bertz CT molecular complexity index is 675. The summed E-state index contributed by atoms with van der Waals surface area (Å²) in [4.78, 5) is 13.2. The molecule has 1 aromatic heterocycles. The number of likely N-dealkylation sites (N-methyl/N-ethyl adjacent to an activating group) is 1. The number of amides is 1. The standard InChI is InChI=1S/C19H23BrN2O2/c1-22(13-19(23)21-16-4-2-3-5-16)12-17-10-11-18(24-17)14-6-8-15(20)9-7-14/h6-11,16H,2-5,12-13H2,1H3,(H,21,23)/p+1. The summed E-state index contributed by atoms with van der Waals surface area (Å²) in [5, 5.41) is 3.14. The first-order valence-electron chi connectivity index (χ1n) is 8.55. The molecular formula is C19H24BrN2O2+. The minimum absolute atomic E-state index is 0.138.